The Kier molecular flexibility index (Phi) is 5.23. The number of halogens is 1. The molecule has 7 heteroatoms. The van der Waals surface area contributed by atoms with Gasteiger partial charge in [0.05, 0.1) is 0 Å². The van der Waals surface area contributed by atoms with Crippen molar-refractivity contribution in [2.24, 2.45) is 0 Å². The lowest BCUT2D eigenvalue weighted by molar-refractivity contribution is 0.516. The summed E-state index contributed by atoms with van der Waals surface area (Å²) in [6.07, 6.45) is 5.95. The third kappa shape index (κ3) is 3.42. The highest BCUT2D eigenvalue weighted by Gasteiger charge is 2.20. The van der Waals surface area contributed by atoms with Crippen LogP contribution >= 0.6 is 0 Å². The Labute approximate surface area is 159 Å². The van der Waals surface area contributed by atoms with E-state index < -0.39 is 0 Å². The minimum absolute atomic E-state index is 0. The number of aromatic nitrogens is 3. The number of fused-ring (bicyclic) bond motifs is 1. The predicted molar refractivity (Wildman–Crippen MR) is 108 cm³/mol. The first-order valence-corrected chi connectivity index (χ1v) is 8.95. The molecule has 146 valence electrons. The van der Waals surface area contributed by atoms with Crippen LogP contribution in [0.4, 0.5) is 16.0 Å². The minimum Gasteiger partial charge on any atom is -0.412 e. The summed E-state index contributed by atoms with van der Waals surface area (Å²) in [7, 11) is 0. The van der Waals surface area contributed by atoms with Crippen molar-refractivity contribution in [2.75, 3.05) is 5.32 Å². The number of nitrogens with zero attached hydrogens (tertiary/aromatic N) is 3. The van der Waals surface area contributed by atoms with Gasteiger partial charge < -0.3 is 10.8 Å². The molecule has 0 amide bonds. The van der Waals surface area contributed by atoms with Gasteiger partial charge >= 0.3 is 0 Å². The van der Waals surface area contributed by atoms with Crippen molar-refractivity contribution >= 4 is 22.7 Å². The molecule has 27 heavy (non-hydrogen) atoms. The van der Waals surface area contributed by atoms with Crippen LogP contribution in [-0.2, 0) is 0 Å². The van der Waals surface area contributed by atoms with Gasteiger partial charge in [-0.05, 0) is 44.4 Å². The van der Waals surface area contributed by atoms with E-state index in [0.29, 0.717) is 28.4 Å². The standard InChI is InChI=1S/C20H21FN4O.H2O.2H2/c1-12-7-9-16(13(2)18(12)21)23-20-22-11-14-8-10-17(26)25(19(14)24-20)15-5-3-4-6-15;;;/h7-11,15H,3-6H2,1-2H3,(H,22,23,24);1H2;2*1H. The van der Waals surface area contributed by atoms with Gasteiger partial charge in [-0.25, -0.2) is 9.37 Å². The lowest BCUT2D eigenvalue weighted by Crippen LogP contribution is -2.23. The van der Waals surface area contributed by atoms with Crippen molar-refractivity contribution in [3.05, 3.63) is 57.8 Å². The van der Waals surface area contributed by atoms with Crippen LogP contribution in [0.5, 0.6) is 0 Å². The highest BCUT2D eigenvalue weighted by molar-refractivity contribution is 5.76. The summed E-state index contributed by atoms with van der Waals surface area (Å²) in [6.45, 7) is 3.46. The van der Waals surface area contributed by atoms with E-state index in [0.717, 1.165) is 31.1 Å². The first-order valence-electron chi connectivity index (χ1n) is 8.95. The van der Waals surface area contributed by atoms with E-state index in [1.54, 1.807) is 42.8 Å². The molecule has 0 aliphatic heterocycles. The molecule has 0 bridgehead atoms. The maximum absolute atomic E-state index is 14.1. The Balaban J connectivity index is 0.00000140. The summed E-state index contributed by atoms with van der Waals surface area (Å²) in [5, 5.41) is 3.92. The zero-order valence-corrected chi connectivity index (χ0v) is 15.4. The molecule has 1 aliphatic carbocycles. The van der Waals surface area contributed by atoms with Gasteiger partial charge in [0, 0.05) is 37.8 Å². The lowest BCUT2D eigenvalue weighted by Gasteiger charge is -2.16. The molecule has 0 spiro atoms. The molecule has 0 saturated heterocycles. The molecule has 2 heterocycles. The molecule has 0 radical (unpaired) electrons. The van der Waals surface area contributed by atoms with E-state index in [1.165, 1.54) is 0 Å². The van der Waals surface area contributed by atoms with Crippen LogP contribution in [-0.4, -0.2) is 20.0 Å². The Hall–Kier alpha value is -2.80. The number of pyridine rings is 1. The number of hydrogen-bond acceptors (Lipinski definition) is 4. The van der Waals surface area contributed by atoms with Gasteiger partial charge in [-0.2, -0.15) is 4.98 Å². The van der Waals surface area contributed by atoms with Crippen LogP contribution in [0.2, 0.25) is 0 Å². The number of nitrogens with one attached hydrogen (secondary N) is 1. The normalized spacial score (nSPS) is 14.3. The molecule has 1 aromatic carbocycles. The van der Waals surface area contributed by atoms with Crippen molar-refractivity contribution in [3.8, 4) is 0 Å². The molecule has 1 aliphatic rings. The highest BCUT2D eigenvalue weighted by atomic mass is 19.1. The van der Waals surface area contributed by atoms with E-state index in [-0.39, 0.29) is 25.7 Å². The number of hydrogen-bond donors (Lipinski definition) is 1. The Morgan fingerprint density at radius 3 is 2.67 bits per heavy atom. The van der Waals surface area contributed by atoms with Gasteiger partial charge in [-0.15, -0.1) is 0 Å². The Bertz CT molecular complexity index is 1050. The molecular formula is C20H27FN4O2. The van der Waals surface area contributed by atoms with E-state index in [2.05, 4.69) is 15.3 Å². The predicted octanol–water partition coefficient (Wildman–Crippen LogP) is 4.07. The van der Waals surface area contributed by atoms with E-state index in [4.69, 9.17) is 0 Å². The molecule has 0 unspecified atom stereocenters. The zero-order valence-electron chi connectivity index (χ0n) is 15.4. The second-order valence-corrected chi connectivity index (χ2v) is 6.95. The average molecular weight is 374 g/mol. The SMILES string of the molecule is Cc1ccc(Nc2ncc3ccc(=O)n(C4CCCC4)c3n2)c(C)c1F.O.[HH].[HH]. The van der Waals surface area contributed by atoms with Crippen molar-refractivity contribution in [1.29, 1.82) is 0 Å². The smallest absolute Gasteiger partial charge is 0.252 e. The Morgan fingerprint density at radius 1 is 1.19 bits per heavy atom. The molecule has 1 fully saturated rings. The van der Waals surface area contributed by atoms with E-state index in [9.17, 15) is 9.18 Å². The highest BCUT2D eigenvalue weighted by Crippen LogP contribution is 2.30. The molecule has 0 atom stereocenters. The average Bonchev–Trinajstić information content (AvgIpc) is 3.16. The third-order valence-corrected chi connectivity index (χ3v) is 5.18. The summed E-state index contributed by atoms with van der Waals surface area (Å²) in [5.74, 6) is 0.125. The van der Waals surface area contributed by atoms with Crippen molar-refractivity contribution in [1.82, 2.24) is 14.5 Å². The van der Waals surface area contributed by atoms with E-state index >= 15 is 0 Å². The second kappa shape index (κ2) is 7.44. The van der Waals surface area contributed by atoms with Crippen molar-refractivity contribution in [3.63, 3.8) is 0 Å². The summed E-state index contributed by atoms with van der Waals surface area (Å²) < 4.78 is 15.9. The Morgan fingerprint density at radius 2 is 1.93 bits per heavy atom. The number of aryl methyl sites for hydroxylation is 1. The molecule has 3 aromatic rings. The van der Waals surface area contributed by atoms with Crippen LogP contribution in [0.1, 0.15) is 45.7 Å². The first kappa shape index (κ1) is 19.0. The monoisotopic (exact) mass is 374 g/mol. The lowest BCUT2D eigenvalue weighted by atomic mass is 10.1. The van der Waals surface area contributed by atoms with Gasteiger partial charge in [0.1, 0.15) is 11.5 Å². The van der Waals surface area contributed by atoms with Crippen molar-refractivity contribution in [2.45, 2.75) is 45.6 Å². The number of benzene rings is 1. The van der Waals surface area contributed by atoms with Gasteiger partial charge in [0.25, 0.3) is 5.56 Å². The third-order valence-electron chi connectivity index (χ3n) is 5.18. The first-order chi connectivity index (χ1) is 12.5. The van der Waals surface area contributed by atoms with Gasteiger partial charge in [-0.1, -0.05) is 18.9 Å². The minimum atomic E-state index is -0.237. The zero-order chi connectivity index (χ0) is 18.3. The maximum Gasteiger partial charge on any atom is 0.252 e. The fourth-order valence-corrected chi connectivity index (χ4v) is 3.69. The van der Waals surface area contributed by atoms with Crippen LogP contribution in [0.25, 0.3) is 11.0 Å². The second-order valence-electron chi connectivity index (χ2n) is 6.95. The molecule has 3 N–H and O–H groups in total. The van der Waals surface area contributed by atoms with E-state index in [1.807, 2.05) is 6.07 Å². The largest absolute Gasteiger partial charge is 0.412 e. The number of rotatable bonds is 3. The quantitative estimate of drug-likeness (QED) is 0.748. The van der Waals surface area contributed by atoms with Crippen LogP contribution < -0.4 is 10.9 Å². The molecule has 4 rings (SSSR count). The summed E-state index contributed by atoms with van der Waals surface area (Å²) >= 11 is 0. The molecule has 1 saturated carbocycles. The van der Waals surface area contributed by atoms with Crippen LogP contribution in [0.3, 0.4) is 0 Å². The fourth-order valence-electron chi connectivity index (χ4n) is 3.69. The van der Waals surface area contributed by atoms with Crippen LogP contribution in [0, 0.1) is 19.7 Å². The molecular weight excluding hydrogens is 347 g/mol. The van der Waals surface area contributed by atoms with Gasteiger partial charge in [-0.3, -0.25) is 9.36 Å². The summed E-state index contributed by atoms with van der Waals surface area (Å²) in [6, 6.07) is 7.06. The number of anilines is 2. The van der Waals surface area contributed by atoms with Crippen molar-refractivity contribution < 1.29 is 12.7 Å². The van der Waals surface area contributed by atoms with Crippen LogP contribution in [0.15, 0.2) is 35.3 Å². The topological polar surface area (TPSA) is 91.3 Å². The summed E-state index contributed by atoms with van der Waals surface area (Å²) in [4.78, 5) is 21.4. The fraction of sp³-hybridized carbons (Fsp3) is 0.350. The van der Waals surface area contributed by atoms with Gasteiger partial charge in [0.15, 0.2) is 0 Å². The van der Waals surface area contributed by atoms with Gasteiger partial charge in [0.2, 0.25) is 5.95 Å². The maximum atomic E-state index is 14.1. The summed E-state index contributed by atoms with van der Waals surface area (Å²) in [5.41, 5.74) is 2.34. The molecule has 2 aromatic heterocycles. The molecule has 6 nitrogen and oxygen atoms in total.